The van der Waals surface area contributed by atoms with Crippen LogP contribution in [0.25, 0.3) is 0 Å². The highest BCUT2D eigenvalue weighted by Crippen LogP contribution is 2.12. The van der Waals surface area contributed by atoms with E-state index in [9.17, 15) is 0 Å². The van der Waals surface area contributed by atoms with Crippen molar-refractivity contribution < 1.29 is 0 Å². The molecule has 0 radical (unpaired) electrons. The maximum atomic E-state index is 4.38. The van der Waals surface area contributed by atoms with E-state index in [4.69, 9.17) is 0 Å². The summed E-state index contributed by atoms with van der Waals surface area (Å²) in [5.74, 6) is 0. The molecule has 3 nitrogen and oxygen atoms in total. The van der Waals surface area contributed by atoms with Crippen molar-refractivity contribution in [2.45, 2.75) is 20.4 Å². The van der Waals surface area contributed by atoms with Gasteiger partial charge in [0.15, 0.2) is 0 Å². The van der Waals surface area contributed by atoms with Crippen LogP contribution in [0, 0.1) is 13.8 Å². The number of nitrogens with zero attached hydrogens (tertiary/aromatic N) is 2. The molecule has 0 aliphatic carbocycles. The van der Waals surface area contributed by atoms with Gasteiger partial charge in [-0.05, 0) is 26.0 Å². The Balaban J connectivity index is 1.96. The average Bonchev–Trinajstić information content (AvgIpc) is 2.64. The van der Waals surface area contributed by atoms with Gasteiger partial charge >= 0.3 is 0 Å². The van der Waals surface area contributed by atoms with Crippen molar-refractivity contribution in [3.8, 4) is 0 Å². The van der Waals surface area contributed by atoms with E-state index in [0.717, 1.165) is 28.6 Å². The smallest absolute Gasteiger partial charge is 0.112 e. The fraction of sp³-hybridized carbons (Fsp3) is 0.273. The van der Waals surface area contributed by atoms with E-state index >= 15 is 0 Å². The predicted molar refractivity (Wildman–Crippen MR) is 63.2 cm³/mol. The van der Waals surface area contributed by atoms with Crippen LogP contribution in [0.1, 0.15) is 16.4 Å². The topological polar surface area (TPSA) is 37.8 Å². The highest BCUT2D eigenvalue weighted by molar-refractivity contribution is 7.09. The summed E-state index contributed by atoms with van der Waals surface area (Å²) >= 11 is 1.68. The van der Waals surface area contributed by atoms with Crippen LogP contribution in [0.2, 0.25) is 0 Å². The normalized spacial score (nSPS) is 10.3. The lowest BCUT2D eigenvalue weighted by Gasteiger charge is -2.03. The standard InChI is InChI=1S/C11H13N3S/c1-8-3-4-10(5-12-8)13-6-11-14-9(2)7-15-11/h3-5,7,13H,6H2,1-2H3. The maximum Gasteiger partial charge on any atom is 0.112 e. The lowest BCUT2D eigenvalue weighted by atomic mass is 10.3. The molecule has 2 heterocycles. The summed E-state index contributed by atoms with van der Waals surface area (Å²) in [7, 11) is 0. The van der Waals surface area contributed by atoms with Crippen molar-refractivity contribution in [3.05, 3.63) is 40.1 Å². The summed E-state index contributed by atoms with van der Waals surface area (Å²) in [6, 6.07) is 4.03. The van der Waals surface area contributed by atoms with Crippen molar-refractivity contribution in [2.24, 2.45) is 0 Å². The summed E-state index contributed by atoms with van der Waals surface area (Å²) in [5, 5.41) is 6.45. The second-order valence-electron chi connectivity index (χ2n) is 3.42. The number of aryl methyl sites for hydroxylation is 2. The van der Waals surface area contributed by atoms with Crippen LogP contribution in [0.5, 0.6) is 0 Å². The second kappa shape index (κ2) is 4.40. The predicted octanol–water partition coefficient (Wildman–Crippen LogP) is 2.77. The molecule has 15 heavy (non-hydrogen) atoms. The molecule has 78 valence electrons. The Labute approximate surface area is 93.2 Å². The number of rotatable bonds is 3. The zero-order valence-electron chi connectivity index (χ0n) is 8.82. The van der Waals surface area contributed by atoms with Crippen LogP contribution in [-0.2, 0) is 6.54 Å². The van der Waals surface area contributed by atoms with Gasteiger partial charge in [0.05, 0.1) is 18.4 Å². The van der Waals surface area contributed by atoms with Gasteiger partial charge in [-0.25, -0.2) is 4.98 Å². The van der Waals surface area contributed by atoms with E-state index in [-0.39, 0.29) is 0 Å². The Hall–Kier alpha value is -1.42. The van der Waals surface area contributed by atoms with Crippen molar-refractivity contribution in [2.75, 3.05) is 5.32 Å². The Kier molecular flexibility index (Phi) is 2.97. The first-order chi connectivity index (χ1) is 7.24. The summed E-state index contributed by atoms with van der Waals surface area (Å²) < 4.78 is 0. The highest BCUT2D eigenvalue weighted by Gasteiger charge is 1.98. The minimum Gasteiger partial charge on any atom is -0.377 e. The zero-order valence-corrected chi connectivity index (χ0v) is 9.64. The first kappa shape index (κ1) is 10.1. The van der Waals surface area contributed by atoms with Gasteiger partial charge < -0.3 is 5.32 Å². The van der Waals surface area contributed by atoms with Gasteiger partial charge in [0.1, 0.15) is 5.01 Å². The molecule has 0 aromatic carbocycles. The van der Waals surface area contributed by atoms with Gasteiger partial charge in [0.2, 0.25) is 0 Å². The zero-order chi connectivity index (χ0) is 10.7. The molecule has 0 atom stereocenters. The molecule has 0 aliphatic rings. The van der Waals surface area contributed by atoms with Gasteiger partial charge in [-0.15, -0.1) is 11.3 Å². The molecule has 0 unspecified atom stereocenters. The van der Waals surface area contributed by atoms with Gasteiger partial charge in [0, 0.05) is 16.8 Å². The molecule has 0 spiro atoms. The summed E-state index contributed by atoms with van der Waals surface area (Å²) in [5.41, 5.74) is 3.15. The van der Waals surface area contributed by atoms with Gasteiger partial charge in [0.25, 0.3) is 0 Å². The quantitative estimate of drug-likeness (QED) is 0.862. The van der Waals surface area contributed by atoms with Crippen LogP contribution in [0.3, 0.4) is 0 Å². The molecule has 0 bridgehead atoms. The number of hydrogen-bond donors (Lipinski definition) is 1. The Bertz CT molecular complexity index is 433. The molecule has 0 fully saturated rings. The number of nitrogens with one attached hydrogen (secondary N) is 1. The maximum absolute atomic E-state index is 4.38. The highest BCUT2D eigenvalue weighted by atomic mass is 32.1. The van der Waals surface area contributed by atoms with Crippen LogP contribution in [-0.4, -0.2) is 9.97 Å². The molecular formula is C11H13N3S. The van der Waals surface area contributed by atoms with Crippen molar-refractivity contribution >= 4 is 17.0 Å². The summed E-state index contributed by atoms with van der Waals surface area (Å²) in [6.45, 7) is 4.75. The lowest BCUT2D eigenvalue weighted by molar-refractivity contribution is 1.07. The fourth-order valence-corrected chi connectivity index (χ4v) is 1.95. The number of aromatic nitrogens is 2. The third kappa shape index (κ3) is 2.76. The molecule has 0 amide bonds. The third-order valence-corrected chi connectivity index (χ3v) is 2.99. The van der Waals surface area contributed by atoms with Crippen LogP contribution >= 0.6 is 11.3 Å². The van der Waals surface area contributed by atoms with E-state index < -0.39 is 0 Å². The fourth-order valence-electron chi connectivity index (χ4n) is 1.23. The van der Waals surface area contributed by atoms with Crippen molar-refractivity contribution in [1.82, 2.24) is 9.97 Å². The number of anilines is 1. The van der Waals surface area contributed by atoms with E-state index in [2.05, 4.69) is 20.7 Å². The van der Waals surface area contributed by atoms with E-state index in [0.29, 0.717) is 0 Å². The van der Waals surface area contributed by atoms with Crippen molar-refractivity contribution in [1.29, 1.82) is 0 Å². The van der Waals surface area contributed by atoms with E-state index in [1.54, 1.807) is 11.3 Å². The Morgan fingerprint density at radius 2 is 2.13 bits per heavy atom. The summed E-state index contributed by atoms with van der Waals surface area (Å²) in [4.78, 5) is 8.60. The molecule has 2 aromatic rings. The SMILES string of the molecule is Cc1ccc(NCc2nc(C)cs2)cn1. The van der Waals surface area contributed by atoms with Gasteiger partial charge in [-0.3, -0.25) is 4.98 Å². The van der Waals surface area contributed by atoms with Crippen LogP contribution < -0.4 is 5.32 Å². The largest absolute Gasteiger partial charge is 0.377 e. The molecule has 2 rings (SSSR count). The van der Waals surface area contributed by atoms with Gasteiger partial charge in [-0.1, -0.05) is 0 Å². The number of thiazole rings is 1. The third-order valence-electron chi connectivity index (χ3n) is 2.02. The first-order valence-electron chi connectivity index (χ1n) is 4.81. The minimum atomic E-state index is 0.767. The summed E-state index contributed by atoms with van der Waals surface area (Å²) in [6.07, 6.45) is 1.84. The molecule has 1 N–H and O–H groups in total. The van der Waals surface area contributed by atoms with Gasteiger partial charge in [-0.2, -0.15) is 0 Å². The Morgan fingerprint density at radius 3 is 2.73 bits per heavy atom. The Morgan fingerprint density at radius 1 is 1.27 bits per heavy atom. The van der Waals surface area contributed by atoms with Crippen molar-refractivity contribution in [3.63, 3.8) is 0 Å². The molecular weight excluding hydrogens is 206 g/mol. The molecule has 4 heteroatoms. The van der Waals surface area contributed by atoms with E-state index in [1.807, 2.05) is 32.2 Å². The molecule has 0 saturated carbocycles. The monoisotopic (exact) mass is 219 g/mol. The molecule has 0 saturated heterocycles. The minimum absolute atomic E-state index is 0.767. The molecule has 0 aliphatic heterocycles. The van der Waals surface area contributed by atoms with E-state index in [1.165, 1.54) is 0 Å². The average molecular weight is 219 g/mol. The lowest BCUT2D eigenvalue weighted by Crippen LogP contribution is -1.99. The second-order valence-corrected chi connectivity index (χ2v) is 4.37. The first-order valence-corrected chi connectivity index (χ1v) is 5.69. The van der Waals surface area contributed by atoms with Crippen LogP contribution in [0.15, 0.2) is 23.7 Å². The van der Waals surface area contributed by atoms with Crippen LogP contribution in [0.4, 0.5) is 5.69 Å². The number of hydrogen-bond acceptors (Lipinski definition) is 4. The molecule has 2 aromatic heterocycles. The number of pyridine rings is 1.